The van der Waals surface area contributed by atoms with Crippen LogP contribution in [0.15, 0.2) is 35.4 Å². The summed E-state index contributed by atoms with van der Waals surface area (Å²) in [7, 11) is 0. The summed E-state index contributed by atoms with van der Waals surface area (Å²) < 4.78 is 1.53. The molecule has 0 unspecified atom stereocenters. The fourth-order valence-corrected chi connectivity index (χ4v) is 1.52. The maximum Gasteiger partial charge on any atom is 0.330 e. The van der Waals surface area contributed by atoms with Gasteiger partial charge >= 0.3 is 5.69 Å². The minimum absolute atomic E-state index is 0.157. The first-order valence-corrected chi connectivity index (χ1v) is 4.59. The smallest absolute Gasteiger partial charge is 0.312 e. The van der Waals surface area contributed by atoms with Gasteiger partial charge in [0.15, 0.2) is 0 Å². The van der Waals surface area contributed by atoms with Gasteiger partial charge in [0.2, 0.25) is 0 Å². The van der Waals surface area contributed by atoms with Gasteiger partial charge in [0.1, 0.15) is 0 Å². The van der Waals surface area contributed by atoms with Crippen molar-refractivity contribution in [3.05, 3.63) is 51.7 Å². The molecule has 1 aromatic carbocycles. The van der Waals surface area contributed by atoms with Crippen LogP contribution < -0.4 is 5.69 Å². The first-order chi connectivity index (χ1) is 6.68. The lowest BCUT2D eigenvalue weighted by atomic mass is 10.2. The number of aromatic amines is 1. The molecule has 1 aromatic heterocycles. The van der Waals surface area contributed by atoms with Crippen LogP contribution in [0.25, 0.3) is 5.69 Å². The summed E-state index contributed by atoms with van der Waals surface area (Å²) >= 11 is 5.86. The predicted octanol–water partition coefficient (Wildman–Crippen LogP) is 2.13. The van der Waals surface area contributed by atoms with Crippen molar-refractivity contribution in [1.29, 1.82) is 0 Å². The Kier molecular flexibility index (Phi) is 2.17. The normalized spacial score (nSPS) is 10.4. The Balaban J connectivity index is 2.68. The maximum atomic E-state index is 11.3. The number of nitrogens with zero attached hydrogens (tertiary/aromatic N) is 1. The van der Waals surface area contributed by atoms with Crippen molar-refractivity contribution in [3.8, 4) is 5.69 Å². The molecule has 72 valence electrons. The lowest BCUT2D eigenvalue weighted by molar-refractivity contribution is 0.976. The first-order valence-electron chi connectivity index (χ1n) is 4.21. The van der Waals surface area contributed by atoms with E-state index < -0.39 is 0 Å². The third-order valence-electron chi connectivity index (χ3n) is 2.08. The van der Waals surface area contributed by atoms with Gasteiger partial charge in [-0.3, -0.25) is 4.57 Å². The Labute approximate surface area is 86.0 Å². The molecule has 0 radical (unpaired) electrons. The quantitative estimate of drug-likeness (QED) is 0.766. The van der Waals surface area contributed by atoms with Gasteiger partial charge in [0.25, 0.3) is 0 Å². The molecule has 1 heterocycles. The zero-order chi connectivity index (χ0) is 10.1. The highest BCUT2D eigenvalue weighted by atomic mass is 35.5. The number of hydrogen-bond donors (Lipinski definition) is 1. The van der Waals surface area contributed by atoms with Crippen molar-refractivity contribution >= 4 is 11.6 Å². The first kappa shape index (κ1) is 9.09. The second-order valence-corrected chi connectivity index (χ2v) is 3.50. The van der Waals surface area contributed by atoms with E-state index in [0.29, 0.717) is 5.02 Å². The Morgan fingerprint density at radius 1 is 1.43 bits per heavy atom. The summed E-state index contributed by atoms with van der Waals surface area (Å²) in [5.74, 6) is 0. The van der Waals surface area contributed by atoms with Gasteiger partial charge in [-0.1, -0.05) is 17.7 Å². The molecule has 0 atom stereocenters. The summed E-state index contributed by atoms with van der Waals surface area (Å²) in [6.07, 6.45) is 3.28. The largest absolute Gasteiger partial charge is 0.330 e. The molecule has 2 aromatic rings. The third kappa shape index (κ3) is 1.46. The maximum absolute atomic E-state index is 11.3. The molecule has 0 aliphatic carbocycles. The van der Waals surface area contributed by atoms with Crippen LogP contribution in [-0.2, 0) is 0 Å². The zero-order valence-electron chi connectivity index (χ0n) is 7.62. The highest BCUT2D eigenvalue weighted by Gasteiger charge is 2.03. The predicted molar refractivity (Wildman–Crippen MR) is 56.1 cm³/mol. The summed E-state index contributed by atoms with van der Waals surface area (Å²) in [5.41, 5.74) is 1.66. The summed E-state index contributed by atoms with van der Waals surface area (Å²) in [4.78, 5) is 13.9. The number of imidazole rings is 1. The number of rotatable bonds is 1. The van der Waals surface area contributed by atoms with E-state index in [1.165, 1.54) is 4.57 Å². The summed E-state index contributed by atoms with van der Waals surface area (Å²) in [6.45, 7) is 1.94. The third-order valence-corrected chi connectivity index (χ3v) is 2.32. The fraction of sp³-hybridized carbons (Fsp3) is 0.100. The van der Waals surface area contributed by atoms with Gasteiger partial charge in [0, 0.05) is 17.4 Å². The molecule has 0 saturated heterocycles. The average molecular weight is 209 g/mol. The molecule has 3 nitrogen and oxygen atoms in total. The van der Waals surface area contributed by atoms with Crippen LogP contribution in [0.2, 0.25) is 5.02 Å². The zero-order valence-corrected chi connectivity index (χ0v) is 8.38. The standard InChI is InChI=1S/C10H9ClN2O/c1-7-2-3-8(11)6-9(7)13-5-4-12-10(13)14/h2-6H,1H3,(H,12,14). The van der Waals surface area contributed by atoms with Gasteiger partial charge < -0.3 is 4.98 Å². The number of hydrogen-bond acceptors (Lipinski definition) is 1. The Morgan fingerprint density at radius 2 is 2.21 bits per heavy atom. The van der Waals surface area contributed by atoms with Crippen LogP contribution in [-0.4, -0.2) is 9.55 Å². The van der Waals surface area contributed by atoms with E-state index in [9.17, 15) is 4.79 Å². The van der Waals surface area contributed by atoms with E-state index in [-0.39, 0.29) is 5.69 Å². The fourth-order valence-electron chi connectivity index (χ4n) is 1.35. The molecular formula is C10H9ClN2O. The van der Waals surface area contributed by atoms with Crippen molar-refractivity contribution in [2.75, 3.05) is 0 Å². The molecule has 0 amide bonds. The molecule has 0 saturated carbocycles. The summed E-state index contributed by atoms with van der Waals surface area (Å²) in [6, 6.07) is 5.46. The Bertz CT molecular complexity index is 513. The molecule has 0 bridgehead atoms. The van der Waals surface area contributed by atoms with E-state index in [1.807, 2.05) is 13.0 Å². The molecule has 1 N–H and O–H groups in total. The Morgan fingerprint density at radius 3 is 2.86 bits per heavy atom. The lowest BCUT2D eigenvalue weighted by Crippen LogP contribution is -2.14. The molecule has 0 aliphatic heterocycles. The van der Waals surface area contributed by atoms with Crippen molar-refractivity contribution in [2.24, 2.45) is 0 Å². The minimum Gasteiger partial charge on any atom is -0.312 e. The molecule has 4 heteroatoms. The van der Waals surface area contributed by atoms with E-state index in [0.717, 1.165) is 11.3 Å². The van der Waals surface area contributed by atoms with Crippen molar-refractivity contribution < 1.29 is 0 Å². The molecule has 0 aliphatic rings. The highest BCUT2D eigenvalue weighted by Crippen LogP contribution is 2.17. The number of halogens is 1. The van der Waals surface area contributed by atoms with Gasteiger partial charge in [-0.2, -0.15) is 0 Å². The topological polar surface area (TPSA) is 37.8 Å². The molecule has 0 spiro atoms. The second-order valence-electron chi connectivity index (χ2n) is 3.07. The number of aromatic nitrogens is 2. The van der Waals surface area contributed by atoms with Gasteiger partial charge in [-0.05, 0) is 24.6 Å². The van der Waals surface area contributed by atoms with E-state index in [1.54, 1.807) is 24.5 Å². The van der Waals surface area contributed by atoms with E-state index in [2.05, 4.69) is 4.98 Å². The average Bonchev–Trinajstić information content (AvgIpc) is 2.56. The van der Waals surface area contributed by atoms with Gasteiger partial charge in [-0.25, -0.2) is 4.79 Å². The van der Waals surface area contributed by atoms with Crippen molar-refractivity contribution in [3.63, 3.8) is 0 Å². The van der Waals surface area contributed by atoms with Crippen LogP contribution in [0.3, 0.4) is 0 Å². The van der Waals surface area contributed by atoms with Crippen LogP contribution in [0.1, 0.15) is 5.56 Å². The molecule has 0 fully saturated rings. The lowest BCUT2D eigenvalue weighted by Gasteiger charge is -2.05. The minimum atomic E-state index is -0.157. The van der Waals surface area contributed by atoms with Crippen LogP contribution in [0, 0.1) is 6.92 Å². The summed E-state index contributed by atoms with van der Waals surface area (Å²) in [5, 5.41) is 0.624. The Hall–Kier alpha value is -1.48. The van der Waals surface area contributed by atoms with Crippen LogP contribution in [0.5, 0.6) is 0 Å². The monoisotopic (exact) mass is 208 g/mol. The van der Waals surface area contributed by atoms with Crippen LogP contribution in [0.4, 0.5) is 0 Å². The van der Waals surface area contributed by atoms with Crippen molar-refractivity contribution in [1.82, 2.24) is 9.55 Å². The van der Waals surface area contributed by atoms with E-state index >= 15 is 0 Å². The highest BCUT2D eigenvalue weighted by molar-refractivity contribution is 6.30. The number of benzene rings is 1. The van der Waals surface area contributed by atoms with Crippen molar-refractivity contribution in [2.45, 2.75) is 6.92 Å². The second kappa shape index (κ2) is 3.35. The van der Waals surface area contributed by atoms with Gasteiger partial charge in [0.05, 0.1) is 5.69 Å². The van der Waals surface area contributed by atoms with E-state index in [4.69, 9.17) is 11.6 Å². The SMILES string of the molecule is Cc1ccc(Cl)cc1-n1cc[nH]c1=O. The molecular weight excluding hydrogens is 200 g/mol. The number of H-pyrrole nitrogens is 1. The van der Waals surface area contributed by atoms with Gasteiger partial charge in [-0.15, -0.1) is 0 Å². The van der Waals surface area contributed by atoms with Crippen LogP contribution >= 0.6 is 11.6 Å². The molecule has 14 heavy (non-hydrogen) atoms. The number of nitrogens with one attached hydrogen (secondary N) is 1. The number of aryl methyl sites for hydroxylation is 1. The molecule has 2 rings (SSSR count).